The van der Waals surface area contributed by atoms with Crippen molar-refractivity contribution in [1.82, 2.24) is 15.2 Å². The Morgan fingerprint density at radius 2 is 2.05 bits per heavy atom. The van der Waals surface area contributed by atoms with E-state index in [2.05, 4.69) is 10.3 Å². The van der Waals surface area contributed by atoms with Crippen LogP contribution in [0, 0.1) is 0 Å². The van der Waals surface area contributed by atoms with Gasteiger partial charge in [0.15, 0.2) is 0 Å². The van der Waals surface area contributed by atoms with E-state index < -0.39 is 4.33 Å². The lowest BCUT2D eigenvalue weighted by atomic mass is 9.97. The molecule has 1 amide bonds. The third kappa shape index (κ3) is 2.76. The van der Waals surface area contributed by atoms with Gasteiger partial charge in [-0.1, -0.05) is 0 Å². The number of carbonyl (C=O) groups excluding carboxylic acids is 1. The molecule has 19 heavy (non-hydrogen) atoms. The summed E-state index contributed by atoms with van der Waals surface area (Å²) in [5.74, 6) is 0.0747. The summed E-state index contributed by atoms with van der Waals surface area (Å²) in [6.45, 7) is 3.24. The quantitative estimate of drug-likeness (QED) is 0.776. The molecule has 1 aliphatic carbocycles. The summed E-state index contributed by atoms with van der Waals surface area (Å²) < 4.78 is -0.690. The number of halogens is 2. The molecule has 0 unspecified atom stereocenters. The SMILES string of the molecule is O=C(c1cc2c([nH]1)CCC(Cl)(Cl)C2)N1CCNCC1. The summed E-state index contributed by atoms with van der Waals surface area (Å²) >= 11 is 12.4. The molecule has 0 saturated carbocycles. The average Bonchev–Trinajstić information content (AvgIpc) is 2.80. The van der Waals surface area contributed by atoms with Crippen molar-refractivity contribution in [2.75, 3.05) is 26.2 Å². The highest BCUT2D eigenvalue weighted by molar-refractivity contribution is 6.48. The number of carbonyl (C=O) groups is 1. The number of aromatic amines is 1. The second-order valence-corrected chi connectivity index (χ2v) is 6.90. The summed E-state index contributed by atoms with van der Waals surface area (Å²) in [6.07, 6.45) is 2.14. The minimum atomic E-state index is -0.690. The van der Waals surface area contributed by atoms with E-state index in [1.54, 1.807) is 0 Å². The monoisotopic (exact) mass is 301 g/mol. The highest BCUT2D eigenvalue weighted by atomic mass is 35.5. The number of nitrogens with one attached hydrogen (secondary N) is 2. The third-order valence-corrected chi connectivity index (χ3v) is 4.46. The predicted octanol–water partition coefficient (Wildman–Crippen LogP) is 1.72. The smallest absolute Gasteiger partial charge is 0.270 e. The van der Waals surface area contributed by atoms with Gasteiger partial charge in [-0.25, -0.2) is 0 Å². The first kappa shape index (κ1) is 13.3. The Morgan fingerprint density at radius 3 is 2.79 bits per heavy atom. The molecule has 1 aromatic rings. The Labute approximate surface area is 122 Å². The van der Waals surface area contributed by atoms with Gasteiger partial charge in [0, 0.05) is 38.3 Å². The van der Waals surface area contributed by atoms with Gasteiger partial charge in [0.05, 0.1) is 0 Å². The zero-order valence-corrected chi connectivity index (χ0v) is 12.2. The van der Waals surface area contributed by atoms with Crippen LogP contribution in [-0.2, 0) is 12.8 Å². The van der Waals surface area contributed by atoms with Crippen LogP contribution in [0.1, 0.15) is 28.2 Å². The summed E-state index contributed by atoms with van der Waals surface area (Å²) in [7, 11) is 0. The molecule has 0 spiro atoms. The second-order valence-electron chi connectivity index (χ2n) is 5.26. The van der Waals surface area contributed by atoms with E-state index in [0.717, 1.165) is 50.3 Å². The maximum Gasteiger partial charge on any atom is 0.270 e. The third-order valence-electron chi connectivity index (χ3n) is 3.82. The van der Waals surface area contributed by atoms with Crippen LogP contribution in [0.2, 0.25) is 0 Å². The van der Waals surface area contributed by atoms with Crippen molar-refractivity contribution in [3.05, 3.63) is 23.0 Å². The van der Waals surface area contributed by atoms with Gasteiger partial charge < -0.3 is 15.2 Å². The van der Waals surface area contributed by atoms with Crippen molar-refractivity contribution in [3.8, 4) is 0 Å². The fourth-order valence-electron chi connectivity index (χ4n) is 2.75. The first-order chi connectivity index (χ1) is 9.05. The molecule has 3 rings (SSSR count). The van der Waals surface area contributed by atoms with Crippen molar-refractivity contribution >= 4 is 29.1 Å². The van der Waals surface area contributed by atoms with Gasteiger partial charge in [0.1, 0.15) is 10.0 Å². The zero-order chi connectivity index (χ0) is 13.5. The molecule has 1 aromatic heterocycles. The lowest BCUT2D eigenvalue weighted by molar-refractivity contribution is 0.0730. The number of aromatic nitrogens is 1. The lowest BCUT2D eigenvalue weighted by Crippen LogP contribution is -2.46. The molecule has 4 nitrogen and oxygen atoms in total. The van der Waals surface area contributed by atoms with Gasteiger partial charge in [-0.15, -0.1) is 23.2 Å². The number of nitrogens with zero attached hydrogens (tertiary/aromatic N) is 1. The number of H-pyrrole nitrogens is 1. The van der Waals surface area contributed by atoms with Gasteiger partial charge in [-0.3, -0.25) is 4.79 Å². The molecular formula is C13H17Cl2N3O. The molecule has 0 aromatic carbocycles. The van der Waals surface area contributed by atoms with Crippen LogP contribution in [0.5, 0.6) is 0 Å². The lowest BCUT2D eigenvalue weighted by Gasteiger charge is -2.26. The molecule has 0 radical (unpaired) electrons. The maximum atomic E-state index is 12.4. The van der Waals surface area contributed by atoms with Gasteiger partial charge in [-0.2, -0.15) is 0 Å². The summed E-state index contributed by atoms with van der Waals surface area (Å²) in [5.41, 5.74) is 2.85. The summed E-state index contributed by atoms with van der Waals surface area (Å²) in [5, 5.41) is 3.24. The molecule has 2 aliphatic rings. The number of amides is 1. The number of hydrogen-bond donors (Lipinski definition) is 2. The van der Waals surface area contributed by atoms with Gasteiger partial charge >= 0.3 is 0 Å². The number of fused-ring (bicyclic) bond motifs is 1. The fourth-order valence-corrected chi connectivity index (χ4v) is 3.23. The first-order valence-electron chi connectivity index (χ1n) is 6.64. The van der Waals surface area contributed by atoms with Crippen molar-refractivity contribution in [1.29, 1.82) is 0 Å². The highest BCUT2D eigenvalue weighted by Gasteiger charge is 2.32. The van der Waals surface area contributed by atoms with Crippen LogP contribution in [0.15, 0.2) is 6.07 Å². The number of alkyl halides is 2. The predicted molar refractivity (Wildman–Crippen MR) is 76.0 cm³/mol. The van der Waals surface area contributed by atoms with E-state index in [9.17, 15) is 4.79 Å². The van der Waals surface area contributed by atoms with E-state index in [-0.39, 0.29) is 5.91 Å². The molecule has 2 N–H and O–H groups in total. The highest BCUT2D eigenvalue weighted by Crippen LogP contribution is 2.37. The van der Waals surface area contributed by atoms with E-state index in [4.69, 9.17) is 23.2 Å². The standard InChI is InChI=1S/C13H17Cl2N3O/c14-13(15)2-1-10-9(8-13)7-11(17-10)12(19)18-5-3-16-4-6-18/h7,16-17H,1-6,8H2. The van der Waals surface area contributed by atoms with Gasteiger partial charge in [0.25, 0.3) is 5.91 Å². The topological polar surface area (TPSA) is 48.1 Å². The first-order valence-corrected chi connectivity index (χ1v) is 7.39. The largest absolute Gasteiger partial charge is 0.354 e. The minimum absolute atomic E-state index is 0.0747. The second kappa shape index (κ2) is 5.00. The zero-order valence-electron chi connectivity index (χ0n) is 10.6. The van der Waals surface area contributed by atoms with E-state index in [1.165, 1.54) is 0 Å². The van der Waals surface area contributed by atoms with Crippen LogP contribution in [-0.4, -0.2) is 46.3 Å². The Bertz CT molecular complexity index is 492. The average molecular weight is 302 g/mol. The van der Waals surface area contributed by atoms with Gasteiger partial charge in [0.2, 0.25) is 0 Å². The normalized spacial score (nSPS) is 22.1. The fraction of sp³-hybridized carbons (Fsp3) is 0.615. The molecule has 6 heteroatoms. The van der Waals surface area contributed by atoms with Crippen molar-refractivity contribution in [2.45, 2.75) is 23.6 Å². The number of rotatable bonds is 1. The van der Waals surface area contributed by atoms with Gasteiger partial charge in [-0.05, 0) is 24.5 Å². The van der Waals surface area contributed by atoms with E-state index >= 15 is 0 Å². The number of piperazine rings is 1. The number of hydrogen-bond acceptors (Lipinski definition) is 2. The minimum Gasteiger partial charge on any atom is -0.354 e. The molecular weight excluding hydrogens is 285 g/mol. The Kier molecular flexibility index (Phi) is 3.50. The van der Waals surface area contributed by atoms with E-state index in [0.29, 0.717) is 12.1 Å². The van der Waals surface area contributed by atoms with E-state index in [1.807, 2.05) is 11.0 Å². The van der Waals surface area contributed by atoms with Crippen LogP contribution >= 0.6 is 23.2 Å². The van der Waals surface area contributed by atoms with Crippen molar-refractivity contribution < 1.29 is 4.79 Å². The molecule has 1 aliphatic heterocycles. The summed E-state index contributed by atoms with van der Waals surface area (Å²) in [6, 6.07) is 1.92. The Morgan fingerprint density at radius 1 is 1.32 bits per heavy atom. The van der Waals surface area contributed by atoms with Crippen LogP contribution in [0.4, 0.5) is 0 Å². The molecule has 104 valence electrons. The van der Waals surface area contributed by atoms with Crippen LogP contribution in [0.25, 0.3) is 0 Å². The maximum absolute atomic E-state index is 12.4. The van der Waals surface area contributed by atoms with Crippen molar-refractivity contribution in [2.24, 2.45) is 0 Å². The van der Waals surface area contributed by atoms with Crippen LogP contribution < -0.4 is 5.32 Å². The molecule has 1 saturated heterocycles. The molecule has 2 heterocycles. The molecule has 1 fully saturated rings. The molecule has 0 atom stereocenters. The van der Waals surface area contributed by atoms with Crippen LogP contribution in [0.3, 0.4) is 0 Å². The number of aryl methyl sites for hydroxylation is 1. The molecule has 0 bridgehead atoms. The Balaban J connectivity index is 1.79. The summed E-state index contributed by atoms with van der Waals surface area (Å²) in [4.78, 5) is 17.5. The van der Waals surface area contributed by atoms with Crippen molar-refractivity contribution in [3.63, 3.8) is 0 Å². The Hall–Kier alpha value is -0.710.